The van der Waals surface area contributed by atoms with E-state index in [9.17, 15) is 25.1 Å². The Bertz CT molecular complexity index is 675. The van der Waals surface area contributed by atoms with Crippen molar-refractivity contribution in [2.24, 2.45) is 0 Å². The minimum absolute atomic E-state index is 0.0878. The fraction of sp³-hybridized carbons (Fsp3) is 0.632. The van der Waals surface area contributed by atoms with Gasteiger partial charge in [-0.3, -0.25) is 14.9 Å². The Labute approximate surface area is 163 Å². The highest BCUT2D eigenvalue weighted by Crippen LogP contribution is 2.24. The van der Waals surface area contributed by atoms with Gasteiger partial charge >= 0.3 is 0 Å². The first-order valence-corrected chi connectivity index (χ1v) is 9.76. The molecule has 3 rings (SSSR count). The minimum atomic E-state index is -1.33. The maximum atomic E-state index is 12.4. The molecule has 0 aromatic heterocycles. The van der Waals surface area contributed by atoms with Crippen molar-refractivity contribution in [2.75, 3.05) is 11.9 Å². The SMILES string of the molecule is O=C(Nc1ccc([N+](=O)[O-])cc1)[C@H]1O[C@H](CNC2CCCCCC2)[C@@H](O)[C@@H]1O. The summed E-state index contributed by atoms with van der Waals surface area (Å²) in [7, 11) is 0. The molecule has 0 spiro atoms. The Balaban J connectivity index is 1.53. The van der Waals surface area contributed by atoms with Gasteiger partial charge < -0.3 is 25.6 Å². The van der Waals surface area contributed by atoms with E-state index in [1.165, 1.54) is 49.9 Å². The standard InChI is InChI=1S/C19H27N3O6/c23-16-15(11-20-12-5-3-1-2-4-6-12)28-18(17(16)24)19(25)21-13-7-9-14(10-8-13)22(26)27/h7-10,12,15-18,20,23-24H,1-6,11H2,(H,21,25)/t15-,16-,17+,18+/m1/s1. The van der Waals surface area contributed by atoms with Crippen LogP contribution in [0.5, 0.6) is 0 Å². The number of carbonyl (C=O) groups excluding carboxylic acids is 1. The second kappa shape index (κ2) is 9.42. The summed E-state index contributed by atoms with van der Waals surface area (Å²) in [5.74, 6) is -0.600. The monoisotopic (exact) mass is 393 g/mol. The molecular weight excluding hydrogens is 366 g/mol. The van der Waals surface area contributed by atoms with Gasteiger partial charge in [-0.15, -0.1) is 0 Å². The number of hydrogen-bond acceptors (Lipinski definition) is 7. The molecule has 1 saturated carbocycles. The summed E-state index contributed by atoms with van der Waals surface area (Å²) in [6.45, 7) is 0.365. The van der Waals surface area contributed by atoms with Crippen molar-refractivity contribution in [3.8, 4) is 0 Å². The number of benzene rings is 1. The molecule has 28 heavy (non-hydrogen) atoms. The molecule has 9 nitrogen and oxygen atoms in total. The number of carbonyl (C=O) groups is 1. The third kappa shape index (κ3) is 5.05. The van der Waals surface area contributed by atoms with Gasteiger partial charge in [-0.1, -0.05) is 25.7 Å². The Morgan fingerprint density at radius 3 is 2.36 bits per heavy atom. The van der Waals surface area contributed by atoms with Crippen molar-refractivity contribution >= 4 is 17.3 Å². The summed E-state index contributed by atoms with van der Waals surface area (Å²) in [6, 6.07) is 5.71. The van der Waals surface area contributed by atoms with E-state index < -0.39 is 35.2 Å². The quantitative estimate of drug-likeness (QED) is 0.325. The van der Waals surface area contributed by atoms with Crippen LogP contribution in [0.15, 0.2) is 24.3 Å². The number of aliphatic hydroxyl groups excluding tert-OH is 2. The van der Waals surface area contributed by atoms with E-state index in [-0.39, 0.29) is 5.69 Å². The van der Waals surface area contributed by atoms with Crippen LogP contribution in [0.1, 0.15) is 38.5 Å². The van der Waals surface area contributed by atoms with Crippen molar-refractivity contribution in [3.63, 3.8) is 0 Å². The van der Waals surface area contributed by atoms with E-state index in [2.05, 4.69) is 10.6 Å². The van der Waals surface area contributed by atoms with Crippen LogP contribution in [-0.2, 0) is 9.53 Å². The Kier molecular flexibility index (Phi) is 6.95. The molecule has 1 heterocycles. The zero-order valence-electron chi connectivity index (χ0n) is 15.6. The average molecular weight is 393 g/mol. The number of hydrogen-bond donors (Lipinski definition) is 4. The normalized spacial score (nSPS) is 28.6. The van der Waals surface area contributed by atoms with Gasteiger partial charge in [0.05, 0.1) is 11.0 Å². The molecule has 2 fully saturated rings. The van der Waals surface area contributed by atoms with Gasteiger partial charge in [-0.2, -0.15) is 0 Å². The number of amides is 1. The number of nitrogens with zero attached hydrogens (tertiary/aromatic N) is 1. The molecule has 0 radical (unpaired) electrons. The van der Waals surface area contributed by atoms with Crippen molar-refractivity contribution in [1.82, 2.24) is 5.32 Å². The first-order valence-electron chi connectivity index (χ1n) is 9.76. The number of nitrogens with one attached hydrogen (secondary N) is 2. The summed E-state index contributed by atoms with van der Waals surface area (Å²) < 4.78 is 5.62. The predicted octanol–water partition coefficient (Wildman–Crippen LogP) is 1.33. The fourth-order valence-corrected chi connectivity index (χ4v) is 3.78. The molecule has 154 valence electrons. The van der Waals surface area contributed by atoms with Crippen LogP contribution >= 0.6 is 0 Å². The largest absolute Gasteiger partial charge is 0.388 e. The zero-order chi connectivity index (χ0) is 20.1. The second-order valence-electron chi connectivity index (χ2n) is 7.47. The van der Waals surface area contributed by atoms with Gasteiger partial charge in [0.2, 0.25) is 0 Å². The third-order valence-corrected chi connectivity index (χ3v) is 5.43. The Morgan fingerprint density at radius 1 is 1.11 bits per heavy atom. The highest BCUT2D eigenvalue weighted by Gasteiger charge is 2.46. The summed E-state index contributed by atoms with van der Waals surface area (Å²) in [5.41, 5.74) is 0.260. The van der Waals surface area contributed by atoms with Gasteiger partial charge in [-0.25, -0.2) is 0 Å². The molecule has 1 aromatic carbocycles. The zero-order valence-corrected chi connectivity index (χ0v) is 15.6. The van der Waals surface area contributed by atoms with E-state index in [0.717, 1.165) is 12.8 Å². The number of ether oxygens (including phenoxy) is 1. The van der Waals surface area contributed by atoms with Crippen LogP contribution in [0.2, 0.25) is 0 Å². The van der Waals surface area contributed by atoms with Crippen LogP contribution in [0, 0.1) is 10.1 Å². The molecule has 1 aliphatic carbocycles. The molecule has 0 bridgehead atoms. The van der Waals surface area contributed by atoms with E-state index in [4.69, 9.17) is 4.74 Å². The minimum Gasteiger partial charge on any atom is -0.388 e. The second-order valence-corrected chi connectivity index (χ2v) is 7.47. The molecule has 1 amide bonds. The summed E-state index contributed by atoms with van der Waals surface area (Å²) >= 11 is 0. The lowest BCUT2D eigenvalue weighted by atomic mass is 10.1. The highest BCUT2D eigenvalue weighted by molar-refractivity contribution is 5.95. The van der Waals surface area contributed by atoms with Crippen LogP contribution in [0.3, 0.4) is 0 Å². The van der Waals surface area contributed by atoms with Crippen molar-refractivity contribution in [3.05, 3.63) is 34.4 Å². The lowest BCUT2D eigenvalue weighted by Crippen LogP contribution is -2.42. The smallest absolute Gasteiger partial charge is 0.269 e. The molecule has 9 heteroatoms. The van der Waals surface area contributed by atoms with E-state index in [1.54, 1.807) is 0 Å². The number of anilines is 1. The van der Waals surface area contributed by atoms with E-state index in [1.807, 2.05) is 0 Å². The molecule has 1 aromatic rings. The molecule has 1 aliphatic heterocycles. The fourth-order valence-electron chi connectivity index (χ4n) is 3.78. The lowest BCUT2D eigenvalue weighted by Gasteiger charge is -2.21. The summed E-state index contributed by atoms with van der Waals surface area (Å²) in [6.07, 6.45) is 2.62. The summed E-state index contributed by atoms with van der Waals surface area (Å²) in [4.78, 5) is 22.6. The van der Waals surface area contributed by atoms with Gasteiger partial charge in [0, 0.05) is 30.4 Å². The van der Waals surface area contributed by atoms with Crippen molar-refractivity contribution < 1.29 is 24.7 Å². The van der Waals surface area contributed by atoms with Gasteiger partial charge in [0.25, 0.3) is 11.6 Å². The highest BCUT2D eigenvalue weighted by atomic mass is 16.6. The number of non-ortho nitro benzene ring substituents is 1. The van der Waals surface area contributed by atoms with Crippen LogP contribution < -0.4 is 10.6 Å². The molecular formula is C19H27N3O6. The Morgan fingerprint density at radius 2 is 1.75 bits per heavy atom. The van der Waals surface area contributed by atoms with E-state index >= 15 is 0 Å². The molecule has 1 saturated heterocycles. The number of nitro benzene ring substituents is 1. The predicted molar refractivity (Wildman–Crippen MR) is 102 cm³/mol. The van der Waals surface area contributed by atoms with E-state index in [0.29, 0.717) is 18.3 Å². The number of rotatable bonds is 6. The maximum absolute atomic E-state index is 12.4. The maximum Gasteiger partial charge on any atom is 0.269 e. The molecule has 2 aliphatic rings. The molecule has 4 atom stereocenters. The topological polar surface area (TPSA) is 134 Å². The van der Waals surface area contributed by atoms with Gasteiger partial charge in [-0.05, 0) is 25.0 Å². The Hall–Kier alpha value is -2.07. The lowest BCUT2D eigenvalue weighted by molar-refractivity contribution is -0.384. The molecule has 0 unspecified atom stereocenters. The van der Waals surface area contributed by atoms with Crippen LogP contribution in [-0.4, -0.2) is 58.0 Å². The first-order chi connectivity index (χ1) is 13.5. The number of aliphatic hydroxyl groups is 2. The van der Waals surface area contributed by atoms with Gasteiger partial charge in [0.1, 0.15) is 12.2 Å². The van der Waals surface area contributed by atoms with Crippen molar-refractivity contribution in [2.45, 2.75) is 69.0 Å². The first kappa shape index (κ1) is 20.7. The molecule has 4 N–H and O–H groups in total. The number of nitro groups is 1. The third-order valence-electron chi connectivity index (χ3n) is 5.43. The van der Waals surface area contributed by atoms with Gasteiger partial charge in [0.15, 0.2) is 6.10 Å². The summed E-state index contributed by atoms with van der Waals surface area (Å²) in [5, 5.41) is 37.1. The van der Waals surface area contributed by atoms with Crippen molar-refractivity contribution in [1.29, 1.82) is 0 Å². The van der Waals surface area contributed by atoms with Crippen LogP contribution in [0.4, 0.5) is 11.4 Å². The average Bonchev–Trinajstić information content (AvgIpc) is 2.85. The van der Waals surface area contributed by atoms with Crippen LogP contribution in [0.25, 0.3) is 0 Å².